The molecule has 0 amide bonds. The molecular formula is C9H13I. The van der Waals surface area contributed by atoms with Gasteiger partial charge >= 0.3 is 0 Å². The van der Waals surface area contributed by atoms with Crippen LogP contribution in [0.1, 0.15) is 20.8 Å². The van der Waals surface area contributed by atoms with E-state index in [9.17, 15) is 0 Å². The second-order valence-corrected chi connectivity index (χ2v) is 5.96. The lowest BCUT2D eigenvalue weighted by molar-refractivity contribution is 0.608. The second kappa shape index (κ2) is 2.36. The van der Waals surface area contributed by atoms with E-state index < -0.39 is 0 Å². The number of alkyl halides is 1. The molecule has 0 heterocycles. The van der Waals surface area contributed by atoms with Crippen molar-refractivity contribution in [2.75, 3.05) is 0 Å². The highest BCUT2D eigenvalue weighted by Crippen LogP contribution is 2.32. The number of allylic oxidation sites excluding steroid dienone is 4. The van der Waals surface area contributed by atoms with Crippen molar-refractivity contribution < 1.29 is 0 Å². The van der Waals surface area contributed by atoms with Crippen molar-refractivity contribution in [3.8, 4) is 0 Å². The van der Waals surface area contributed by atoms with Crippen molar-refractivity contribution in [1.82, 2.24) is 0 Å². The molecule has 0 unspecified atom stereocenters. The molecule has 0 aromatic rings. The summed E-state index contributed by atoms with van der Waals surface area (Å²) in [4.78, 5) is 0. The lowest BCUT2D eigenvalue weighted by atomic mass is 9.86. The Morgan fingerprint density at radius 2 is 1.30 bits per heavy atom. The van der Waals surface area contributed by atoms with E-state index >= 15 is 0 Å². The molecule has 0 aromatic carbocycles. The molecule has 1 aliphatic rings. The number of hydrogen-bond donors (Lipinski definition) is 0. The van der Waals surface area contributed by atoms with Crippen LogP contribution in [0.25, 0.3) is 0 Å². The monoisotopic (exact) mass is 248 g/mol. The molecule has 1 aliphatic carbocycles. The largest absolute Gasteiger partial charge is 0.0775 e. The zero-order valence-electron chi connectivity index (χ0n) is 6.69. The maximum atomic E-state index is 2.43. The van der Waals surface area contributed by atoms with E-state index in [0.717, 1.165) is 0 Å². The number of halogens is 1. The molecule has 0 saturated carbocycles. The molecule has 0 bridgehead atoms. The lowest BCUT2D eigenvalue weighted by Gasteiger charge is -2.25. The summed E-state index contributed by atoms with van der Waals surface area (Å²) in [7, 11) is 0. The Labute approximate surface area is 76.5 Å². The van der Waals surface area contributed by atoms with E-state index in [1.807, 2.05) is 0 Å². The van der Waals surface area contributed by atoms with Gasteiger partial charge in [0.25, 0.3) is 0 Å². The molecule has 1 heteroatoms. The smallest absolute Gasteiger partial charge is 0.0552 e. The average molecular weight is 248 g/mol. The van der Waals surface area contributed by atoms with Gasteiger partial charge in [-0.1, -0.05) is 60.7 Å². The third-order valence-electron chi connectivity index (χ3n) is 1.68. The van der Waals surface area contributed by atoms with Crippen molar-refractivity contribution in [3.63, 3.8) is 0 Å². The molecule has 0 spiro atoms. The highest BCUT2D eigenvalue weighted by atomic mass is 127. The second-order valence-electron chi connectivity index (χ2n) is 3.64. The summed E-state index contributed by atoms with van der Waals surface area (Å²) in [6.07, 6.45) is 9.04. The minimum Gasteiger partial charge on any atom is -0.0775 e. The van der Waals surface area contributed by atoms with Crippen LogP contribution in [0.3, 0.4) is 0 Å². The Hall–Kier alpha value is 0.210. The Morgan fingerprint density at radius 3 is 1.60 bits per heavy atom. The molecule has 0 saturated heterocycles. The maximum Gasteiger partial charge on any atom is 0.0552 e. The van der Waals surface area contributed by atoms with E-state index in [-0.39, 0.29) is 8.84 Å². The molecule has 0 fully saturated rings. The molecule has 0 aliphatic heterocycles. The fourth-order valence-electron chi connectivity index (χ4n) is 0.867. The molecule has 0 radical (unpaired) electrons. The summed E-state index contributed by atoms with van der Waals surface area (Å²) in [5, 5.41) is 0. The highest BCUT2D eigenvalue weighted by Gasteiger charge is 2.20. The van der Waals surface area contributed by atoms with Crippen LogP contribution < -0.4 is 0 Å². The van der Waals surface area contributed by atoms with Gasteiger partial charge in [-0.15, -0.1) is 0 Å². The summed E-state index contributed by atoms with van der Waals surface area (Å²) in [5.41, 5.74) is 0.269. The fraction of sp³-hybridized carbons (Fsp3) is 0.556. The maximum absolute atomic E-state index is 2.43. The standard InChI is InChI=1S/C9H13I/c1-8(2)4-6-9(3,10)7-5-8/h4-7H,1-3H3. The van der Waals surface area contributed by atoms with Gasteiger partial charge < -0.3 is 0 Å². The highest BCUT2D eigenvalue weighted by molar-refractivity contribution is 14.1. The molecule has 10 heavy (non-hydrogen) atoms. The first-order valence-corrected chi connectivity index (χ1v) is 4.59. The third kappa shape index (κ3) is 2.11. The van der Waals surface area contributed by atoms with Crippen LogP contribution in [0, 0.1) is 5.41 Å². The fourth-order valence-corrected chi connectivity index (χ4v) is 1.23. The molecule has 0 nitrogen and oxygen atoms in total. The van der Waals surface area contributed by atoms with Crippen LogP contribution in [-0.4, -0.2) is 3.42 Å². The van der Waals surface area contributed by atoms with Crippen LogP contribution in [0.15, 0.2) is 24.3 Å². The molecule has 56 valence electrons. The predicted octanol–water partition coefficient (Wildman–Crippen LogP) is 3.33. The van der Waals surface area contributed by atoms with Gasteiger partial charge in [-0.3, -0.25) is 0 Å². The summed E-state index contributed by atoms with van der Waals surface area (Å²) in [6, 6.07) is 0. The topological polar surface area (TPSA) is 0 Å². The predicted molar refractivity (Wildman–Crippen MR) is 54.5 cm³/mol. The van der Waals surface area contributed by atoms with E-state index in [2.05, 4.69) is 67.7 Å². The summed E-state index contributed by atoms with van der Waals surface area (Å²) < 4.78 is 0.243. The molecular weight excluding hydrogens is 235 g/mol. The molecule has 0 N–H and O–H groups in total. The minimum atomic E-state index is 0.243. The minimum absolute atomic E-state index is 0.243. The Kier molecular flexibility index (Phi) is 1.96. The van der Waals surface area contributed by atoms with Crippen molar-refractivity contribution >= 4 is 22.6 Å². The van der Waals surface area contributed by atoms with Crippen molar-refractivity contribution in [2.45, 2.75) is 24.2 Å². The van der Waals surface area contributed by atoms with Gasteiger partial charge in [0.15, 0.2) is 0 Å². The number of hydrogen-bond acceptors (Lipinski definition) is 0. The summed E-state index contributed by atoms with van der Waals surface area (Å²) >= 11 is 2.43. The van der Waals surface area contributed by atoms with Gasteiger partial charge in [-0.25, -0.2) is 0 Å². The van der Waals surface area contributed by atoms with Gasteiger partial charge in [0.05, 0.1) is 3.42 Å². The Bertz CT molecular complexity index is 147. The first-order chi connectivity index (χ1) is 4.41. The average Bonchev–Trinajstić information content (AvgIpc) is 1.79. The first-order valence-electron chi connectivity index (χ1n) is 3.51. The Morgan fingerprint density at radius 1 is 0.900 bits per heavy atom. The van der Waals surface area contributed by atoms with E-state index in [1.54, 1.807) is 0 Å². The van der Waals surface area contributed by atoms with Crippen molar-refractivity contribution in [1.29, 1.82) is 0 Å². The normalized spacial score (nSPS) is 26.8. The SMILES string of the molecule is CC1(C)C=CC(C)(I)C=C1. The van der Waals surface area contributed by atoms with Crippen LogP contribution in [0.2, 0.25) is 0 Å². The van der Waals surface area contributed by atoms with Crippen LogP contribution in [0.5, 0.6) is 0 Å². The summed E-state index contributed by atoms with van der Waals surface area (Å²) in [6.45, 7) is 6.63. The van der Waals surface area contributed by atoms with E-state index in [4.69, 9.17) is 0 Å². The molecule has 1 rings (SSSR count). The van der Waals surface area contributed by atoms with Crippen molar-refractivity contribution in [3.05, 3.63) is 24.3 Å². The van der Waals surface area contributed by atoms with Crippen LogP contribution >= 0.6 is 22.6 Å². The summed E-state index contributed by atoms with van der Waals surface area (Å²) in [5.74, 6) is 0. The van der Waals surface area contributed by atoms with Gasteiger partial charge in [-0.2, -0.15) is 0 Å². The van der Waals surface area contributed by atoms with Gasteiger partial charge in [0.2, 0.25) is 0 Å². The van der Waals surface area contributed by atoms with Gasteiger partial charge in [0, 0.05) is 5.41 Å². The zero-order valence-corrected chi connectivity index (χ0v) is 8.84. The Balaban J connectivity index is 2.81. The van der Waals surface area contributed by atoms with E-state index in [0.29, 0.717) is 0 Å². The zero-order chi connectivity index (χ0) is 7.83. The molecule has 0 aromatic heterocycles. The van der Waals surface area contributed by atoms with E-state index in [1.165, 1.54) is 0 Å². The number of rotatable bonds is 0. The van der Waals surface area contributed by atoms with Crippen LogP contribution in [0.4, 0.5) is 0 Å². The van der Waals surface area contributed by atoms with Gasteiger partial charge in [0.1, 0.15) is 0 Å². The first kappa shape index (κ1) is 8.31. The van der Waals surface area contributed by atoms with Crippen LogP contribution in [-0.2, 0) is 0 Å². The quantitative estimate of drug-likeness (QED) is 0.350. The molecule has 0 atom stereocenters. The van der Waals surface area contributed by atoms with Crippen molar-refractivity contribution in [2.24, 2.45) is 5.41 Å². The third-order valence-corrected chi connectivity index (χ3v) is 2.40. The van der Waals surface area contributed by atoms with Gasteiger partial charge in [-0.05, 0) is 6.92 Å². The lowest BCUT2D eigenvalue weighted by Crippen LogP contribution is -2.16.